The molecule has 486 valence electrons. The summed E-state index contributed by atoms with van der Waals surface area (Å²) in [6.07, 6.45) is 91.7. The van der Waals surface area contributed by atoms with Crippen LogP contribution in [-0.2, 0) is 28.6 Å². The fourth-order valence-electron chi connectivity index (χ4n) is 11.3. The van der Waals surface area contributed by atoms with Crippen molar-refractivity contribution in [2.24, 2.45) is 0 Å². The van der Waals surface area contributed by atoms with Crippen molar-refractivity contribution in [2.75, 3.05) is 13.2 Å². The maximum Gasteiger partial charge on any atom is 0.306 e. The second-order valence-corrected chi connectivity index (χ2v) is 25.2. The van der Waals surface area contributed by atoms with Crippen LogP contribution in [-0.4, -0.2) is 37.2 Å². The van der Waals surface area contributed by atoms with E-state index in [1.807, 2.05) is 0 Å². The summed E-state index contributed by atoms with van der Waals surface area (Å²) < 4.78 is 17.0. The minimum absolute atomic E-state index is 0.0666. The van der Waals surface area contributed by atoms with Crippen LogP contribution >= 0.6 is 0 Å². The molecule has 0 rings (SSSR count). The Morgan fingerprint density at radius 3 is 0.735 bits per heavy atom. The van der Waals surface area contributed by atoms with Gasteiger partial charge in [-0.1, -0.05) is 378 Å². The molecule has 0 saturated carbocycles. The van der Waals surface area contributed by atoms with Crippen molar-refractivity contribution in [3.05, 3.63) is 48.6 Å². The van der Waals surface area contributed by atoms with Gasteiger partial charge in [0.25, 0.3) is 0 Å². The second kappa shape index (κ2) is 71.8. The van der Waals surface area contributed by atoms with Crippen LogP contribution < -0.4 is 0 Å². The van der Waals surface area contributed by atoms with Gasteiger partial charge in [-0.2, -0.15) is 0 Å². The summed E-state index contributed by atoms with van der Waals surface area (Å²) in [5.74, 6) is -0.839. The van der Waals surface area contributed by atoms with Crippen LogP contribution in [0.4, 0.5) is 0 Å². The third-order valence-corrected chi connectivity index (χ3v) is 16.8. The number of unbranched alkanes of at least 4 members (excludes halogenated alkanes) is 50. The fraction of sp³-hybridized carbons (Fsp3) is 0.857. The van der Waals surface area contributed by atoms with Gasteiger partial charge in [-0.15, -0.1) is 0 Å². The summed E-state index contributed by atoms with van der Waals surface area (Å²) in [4.78, 5) is 38.4. The Labute approximate surface area is 518 Å². The molecule has 0 aromatic carbocycles. The zero-order chi connectivity index (χ0) is 59.9. The lowest BCUT2D eigenvalue weighted by Gasteiger charge is -2.18. The summed E-state index contributed by atoms with van der Waals surface area (Å²) in [7, 11) is 0. The van der Waals surface area contributed by atoms with E-state index in [1.54, 1.807) is 0 Å². The number of hydrogen-bond donors (Lipinski definition) is 0. The molecule has 0 bridgehead atoms. The van der Waals surface area contributed by atoms with E-state index in [1.165, 1.54) is 283 Å². The van der Waals surface area contributed by atoms with Gasteiger partial charge in [0, 0.05) is 19.3 Å². The van der Waals surface area contributed by atoms with E-state index in [0.29, 0.717) is 19.3 Å². The van der Waals surface area contributed by atoms with E-state index in [9.17, 15) is 14.4 Å². The zero-order valence-electron chi connectivity index (χ0n) is 56.0. The highest BCUT2D eigenvalue weighted by molar-refractivity contribution is 5.71. The SMILES string of the molecule is CC/C=C\C/C=C\C/C=C\C/C=C\CCCCCCCCCCCCCCCCC(=O)OC(COC(=O)CCCCCCCCCCCC)COC(=O)CCCCCCCCCCCCCCCCCCCCCCCCCCCCCC. The number of carbonyl (C=O) groups is 3. The number of carbonyl (C=O) groups excluding carboxylic acids is 3. The average Bonchev–Trinajstić information content (AvgIpc) is 3.48. The molecular formula is C77H142O6. The normalized spacial score (nSPS) is 12.3. The third kappa shape index (κ3) is 70.0. The molecule has 0 aliphatic heterocycles. The van der Waals surface area contributed by atoms with Gasteiger partial charge in [0.05, 0.1) is 0 Å². The standard InChI is InChI=1S/C77H142O6/c1-4-7-10-13-16-19-22-24-26-28-30-32-34-36-38-40-41-43-45-47-49-51-53-55-58-61-64-67-70-76(79)82-73-74(72-81-75(78)69-66-63-60-57-21-18-15-12-9-6-3)83-77(80)71-68-65-62-59-56-54-52-50-48-46-44-42-39-37-35-33-31-29-27-25-23-20-17-14-11-8-5-2/h8,11,17,20,25,27,31,33,74H,4-7,9-10,12-16,18-19,21-24,26,28-30,32,34-73H2,1-3H3/b11-8-,20-17-,27-25-,33-31-. The number of esters is 3. The maximum absolute atomic E-state index is 13.0. The van der Waals surface area contributed by atoms with Crippen LogP contribution in [0.1, 0.15) is 406 Å². The zero-order valence-corrected chi connectivity index (χ0v) is 56.0. The predicted octanol–water partition coefficient (Wildman–Crippen LogP) is 25.7. The molecule has 0 aliphatic carbocycles. The van der Waals surface area contributed by atoms with Crippen LogP contribution in [0.2, 0.25) is 0 Å². The van der Waals surface area contributed by atoms with Crippen molar-refractivity contribution in [3.63, 3.8) is 0 Å². The van der Waals surface area contributed by atoms with Crippen molar-refractivity contribution < 1.29 is 28.6 Å². The largest absolute Gasteiger partial charge is 0.462 e. The van der Waals surface area contributed by atoms with E-state index in [4.69, 9.17) is 14.2 Å². The molecule has 0 saturated heterocycles. The van der Waals surface area contributed by atoms with Gasteiger partial charge in [0.1, 0.15) is 13.2 Å². The van der Waals surface area contributed by atoms with E-state index < -0.39 is 6.10 Å². The Kier molecular flexibility index (Phi) is 69.6. The van der Waals surface area contributed by atoms with Crippen LogP contribution in [0.5, 0.6) is 0 Å². The number of allylic oxidation sites excluding steroid dienone is 8. The minimum Gasteiger partial charge on any atom is -0.462 e. The molecule has 6 nitrogen and oxygen atoms in total. The smallest absolute Gasteiger partial charge is 0.306 e. The lowest BCUT2D eigenvalue weighted by atomic mass is 10.0. The molecule has 83 heavy (non-hydrogen) atoms. The first kappa shape index (κ1) is 80.4. The Bertz CT molecular complexity index is 1430. The molecule has 0 radical (unpaired) electrons. The number of hydrogen-bond acceptors (Lipinski definition) is 6. The molecule has 0 aliphatic rings. The molecule has 0 fully saturated rings. The quantitative estimate of drug-likeness (QED) is 0.0261. The fourth-order valence-corrected chi connectivity index (χ4v) is 11.3. The highest BCUT2D eigenvalue weighted by Gasteiger charge is 2.20. The molecular weight excluding hydrogens is 1020 g/mol. The monoisotopic (exact) mass is 1160 g/mol. The van der Waals surface area contributed by atoms with Gasteiger partial charge in [-0.3, -0.25) is 14.4 Å². The summed E-state index contributed by atoms with van der Waals surface area (Å²) in [6, 6.07) is 0. The Morgan fingerprint density at radius 1 is 0.253 bits per heavy atom. The van der Waals surface area contributed by atoms with Gasteiger partial charge >= 0.3 is 17.9 Å². The Balaban J connectivity index is 4.11. The van der Waals surface area contributed by atoms with Crippen molar-refractivity contribution in [1.29, 1.82) is 0 Å². The van der Waals surface area contributed by atoms with E-state index >= 15 is 0 Å². The molecule has 0 heterocycles. The molecule has 6 heteroatoms. The summed E-state index contributed by atoms with van der Waals surface area (Å²) >= 11 is 0. The lowest BCUT2D eigenvalue weighted by molar-refractivity contribution is -0.167. The van der Waals surface area contributed by atoms with Gasteiger partial charge < -0.3 is 14.2 Å². The summed E-state index contributed by atoms with van der Waals surface area (Å²) in [6.45, 7) is 6.59. The highest BCUT2D eigenvalue weighted by atomic mass is 16.6. The first-order chi connectivity index (χ1) is 41.0. The van der Waals surface area contributed by atoms with Crippen molar-refractivity contribution >= 4 is 17.9 Å². The van der Waals surface area contributed by atoms with Gasteiger partial charge in [-0.25, -0.2) is 0 Å². The van der Waals surface area contributed by atoms with Gasteiger partial charge in [-0.05, 0) is 57.8 Å². The summed E-state index contributed by atoms with van der Waals surface area (Å²) in [5.41, 5.74) is 0. The number of ether oxygens (including phenoxy) is 3. The van der Waals surface area contributed by atoms with E-state index in [-0.39, 0.29) is 31.1 Å². The molecule has 0 amide bonds. The average molecular weight is 1160 g/mol. The van der Waals surface area contributed by atoms with E-state index in [0.717, 1.165) is 83.5 Å². The van der Waals surface area contributed by atoms with Crippen LogP contribution in [0.25, 0.3) is 0 Å². The van der Waals surface area contributed by atoms with Crippen LogP contribution in [0.15, 0.2) is 48.6 Å². The van der Waals surface area contributed by atoms with Crippen molar-refractivity contribution in [2.45, 2.75) is 412 Å². The van der Waals surface area contributed by atoms with E-state index in [2.05, 4.69) is 69.4 Å². The second-order valence-electron chi connectivity index (χ2n) is 25.2. The van der Waals surface area contributed by atoms with Crippen molar-refractivity contribution in [1.82, 2.24) is 0 Å². The molecule has 1 unspecified atom stereocenters. The lowest BCUT2D eigenvalue weighted by Crippen LogP contribution is -2.30. The Hall–Kier alpha value is -2.63. The molecule has 0 spiro atoms. The topological polar surface area (TPSA) is 78.9 Å². The van der Waals surface area contributed by atoms with Crippen LogP contribution in [0, 0.1) is 0 Å². The highest BCUT2D eigenvalue weighted by Crippen LogP contribution is 2.19. The molecule has 0 aromatic rings. The Morgan fingerprint density at radius 2 is 0.470 bits per heavy atom. The first-order valence-corrected chi connectivity index (χ1v) is 37.1. The van der Waals surface area contributed by atoms with Crippen molar-refractivity contribution in [3.8, 4) is 0 Å². The third-order valence-electron chi connectivity index (χ3n) is 16.8. The first-order valence-electron chi connectivity index (χ1n) is 37.1. The van der Waals surface area contributed by atoms with Gasteiger partial charge in [0.2, 0.25) is 0 Å². The molecule has 0 N–H and O–H groups in total. The maximum atomic E-state index is 13.0. The van der Waals surface area contributed by atoms with Crippen LogP contribution in [0.3, 0.4) is 0 Å². The minimum atomic E-state index is -0.770. The summed E-state index contributed by atoms with van der Waals surface area (Å²) in [5, 5.41) is 0. The molecule has 1 atom stereocenters. The van der Waals surface area contributed by atoms with Gasteiger partial charge in [0.15, 0.2) is 6.10 Å². The predicted molar refractivity (Wildman–Crippen MR) is 362 cm³/mol. The molecule has 0 aromatic heterocycles. The number of rotatable bonds is 69.